The van der Waals surface area contributed by atoms with Crippen LogP contribution in [0, 0.1) is 17.0 Å². The molecule has 3 aromatic rings. The zero-order valence-corrected chi connectivity index (χ0v) is 26.3. The minimum Gasteiger partial charge on any atom is -0.497 e. The fraction of sp³-hybridized carbons (Fsp3) is 0.355. The highest BCUT2D eigenvalue weighted by atomic mass is 32.2. The molecular formula is C31H38N4O8S. The van der Waals surface area contributed by atoms with Crippen LogP contribution in [0.5, 0.6) is 11.5 Å². The number of carbonyl (C=O) groups excluding carboxylic acids is 2. The van der Waals surface area contributed by atoms with Crippen molar-refractivity contribution in [1.29, 1.82) is 0 Å². The topological polar surface area (TPSA) is 148 Å². The largest absolute Gasteiger partial charge is 0.497 e. The summed E-state index contributed by atoms with van der Waals surface area (Å²) in [5.74, 6) is 0.0797. The van der Waals surface area contributed by atoms with Gasteiger partial charge in [0.2, 0.25) is 11.8 Å². The number of amides is 2. The molecule has 0 radical (unpaired) electrons. The van der Waals surface area contributed by atoms with Gasteiger partial charge in [0.15, 0.2) is 0 Å². The summed E-state index contributed by atoms with van der Waals surface area (Å²) in [5.41, 5.74) is 0.756. The molecule has 13 heteroatoms. The minimum absolute atomic E-state index is 0.0212. The number of anilines is 1. The van der Waals surface area contributed by atoms with Crippen LogP contribution in [0.1, 0.15) is 37.8 Å². The molecule has 0 aromatic heterocycles. The Morgan fingerprint density at radius 2 is 1.55 bits per heavy atom. The molecule has 0 heterocycles. The Bertz CT molecular complexity index is 1560. The lowest BCUT2D eigenvalue weighted by Gasteiger charge is -2.33. The number of nitrogens with one attached hydrogen (secondary N) is 1. The Hall–Kier alpha value is -4.65. The fourth-order valence-corrected chi connectivity index (χ4v) is 6.00. The van der Waals surface area contributed by atoms with Gasteiger partial charge in [-0.05, 0) is 67.8 Å². The van der Waals surface area contributed by atoms with Crippen LogP contribution in [0.4, 0.5) is 11.4 Å². The lowest BCUT2D eigenvalue weighted by atomic mass is 10.1. The summed E-state index contributed by atoms with van der Waals surface area (Å²) >= 11 is 0. The highest BCUT2D eigenvalue weighted by Crippen LogP contribution is 2.29. The molecule has 236 valence electrons. The van der Waals surface area contributed by atoms with Crippen molar-refractivity contribution in [3.05, 3.63) is 88.0 Å². The van der Waals surface area contributed by atoms with Gasteiger partial charge in [0.25, 0.3) is 15.7 Å². The normalized spacial score (nSPS) is 11.8. The monoisotopic (exact) mass is 626 g/mol. The van der Waals surface area contributed by atoms with Gasteiger partial charge in [0.1, 0.15) is 24.1 Å². The molecule has 0 spiro atoms. The third kappa shape index (κ3) is 8.04. The van der Waals surface area contributed by atoms with E-state index >= 15 is 0 Å². The second-order valence-corrected chi connectivity index (χ2v) is 11.9. The van der Waals surface area contributed by atoms with E-state index in [1.807, 2.05) is 6.92 Å². The molecule has 0 aliphatic heterocycles. The average Bonchev–Trinajstić information content (AvgIpc) is 3.02. The standard InChI is InChI=1S/C31H38N4O8S/c1-6-18-32-31(37)28(7-2)33(20-23-9-13-25(42-4)14-10-23)30(36)21-34(24-11-15-26(43-5)16-12-24)44(40,41)27-17-8-22(3)29(19-27)35(38)39/h8-17,19,28H,6-7,18,20-21H2,1-5H3,(H,32,37)/t28-/m0/s1. The number of nitro groups is 1. The first-order chi connectivity index (χ1) is 21.0. The van der Waals surface area contributed by atoms with Crippen molar-refractivity contribution in [3.8, 4) is 11.5 Å². The van der Waals surface area contributed by atoms with Gasteiger partial charge in [-0.15, -0.1) is 0 Å². The number of methoxy groups -OCH3 is 2. The molecule has 0 fully saturated rings. The Morgan fingerprint density at radius 3 is 2.07 bits per heavy atom. The van der Waals surface area contributed by atoms with Gasteiger partial charge < -0.3 is 19.7 Å². The number of nitrogens with zero attached hydrogens (tertiary/aromatic N) is 3. The SMILES string of the molecule is CCCNC(=O)[C@H](CC)N(Cc1ccc(OC)cc1)C(=O)CN(c1ccc(OC)cc1)S(=O)(=O)c1ccc(C)c([N+](=O)[O-])c1. The lowest BCUT2D eigenvalue weighted by Crippen LogP contribution is -2.52. The quantitative estimate of drug-likeness (QED) is 0.192. The van der Waals surface area contributed by atoms with Gasteiger partial charge in [0, 0.05) is 24.7 Å². The molecule has 3 aromatic carbocycles. The highest BCUT2D eigenvalue weighted by Gasteiger charge is 2.34. The van der Waals surface area contributed by atoms with Crippen LogP contribution in [-0.4, -0.2) is 63.4 Å². The highest BCUT2D eigenvalue weighted by molar-refractivity contribution is 7.92. The van der Waals surface area contributed by atoms with E-state index < -0.39 is 33.4 Å². The molecule has 3 rings (SSSR count). The van der Waals surface area contributed by atoms with Gasteiger partial charge in [-0.25, -0.2) is 8.42 Å². The summed E-state index contributed by atoms with van der Waals surface area (Å²) in [6.07, 6.45) is 0.970. The third-order valence-corrected chi connectivity index (χ3v) is 8.82. The molecule has 0 unspecified atom stereocenters. The van der Waals surface area contributed by atoms with E-state index in [9.17, 15) is 28.1 Å². The van der Waals surface area contributed by atoms with E-state index in [1.54, 1.807) is 43.3 Å². The second kappa shape index (κ2) is 15.2. The molecule has 0 saturated heterocycles. The molecule has 2 amide bonds. The van der Waals surface area contributed by atoms with E-state index in [0.29, 0.717) is 30.0 Å². The van der Waals surface area contributed by atoms with E-state index in [2.05, 4.69) is 5.32 Å². The van der Waals surface area contributed by atoms with E-state index in [0.717, 1.165) is 10.4 Å². The molecule has 0 bridgehead atoms. The second-order valence-electron chi connectivity index (χ2n) is 10.00. The van der Waals surface area contributed by atoms with Crippen LogP contribution in [0.2, 0.25) is 0 Å². The third-order valence-electron chi connectivity index (χ3n) is 7.05. The van der Waals surface area contributed by atoms with Crippen molar-refractivity contribution < 1.29 is 32.4 Å². The van der Waals surface area contributed by atoms with Gasteiger partial charge >= 0.3 is 0 Å². The first kappa shape index (κ1) is 33.8. The number of hydrogen-bond acceptors (Lipinski definition) is 8. The van der Waals surface area contributed by atoms with Crippen molar-refractivity contribution in [3.63, 3.8) is 0 Å². The molecule has 44 heavy (non-hydrogen) atoms. The first-order valence-electron chi connectivity index (χ1n) is 14.1. The number of aryl methyl sites for hydroxylation is 1. The van der Waals surface area contributed by atoms with Crippen LogP contribution in [-0.2, 0) is 26.2 Å². The lowest BCUT2D eigenvalue weighted by molar-refractivity contribution is -0.385. The molecule has 0 aliphatic carbocycles. The van der Waals surface area contributed by atoms with Gasteiger partial charge in [-0.1, -0.05) is 32.0 Å². The van der Waals surface area contributed by atoms with Crippen LogP contribution >= 0.6 is 0 Å². The summed E-state index contributed by atoms with van der Waals surface area (Å²) in [6.45, 7) is 4.95. The summed E-state index contributed by atoms with van der Waals surface area (Å²) in [6, 6.07) is 15.7. The maximum Gasteiger partial charge on any atom is 0.273 e. The van der Waals surface area contributed by atoms with Crippen molar-refractivity contribution in [1.82, 2.24) is 10.2 Å². The maximum absolute atomic E-state index is 14.1. The number of benzene rings is 3. The number of rotatable bonds is 15. The first-order valence-corrected chi connectivity index (χ1v) is 15.5. The number of nitro benzene ring substituents is 1. The van der Waals surface area contributed by atoms with Crippen LogP contribution in [0.3, 0.4) is 0 Å². The molecular weight excluding hydrogens is 588 g/mol. The zero-order chi connectivity index (χ0) is 32.4. The van der Waals surface area contributed by atoms with Crippen molar-refractivity contribution in [2.75, 3.05) is 31.6 Å². The average molecular weight is 627 g/mol. The Kier molecular flexibility index (Phi) is 11.7. The number of sulfonamides is 1. The fourth-order valence-electron chi connectivity index (χ4n) is 4.56. The number of ether oxygens (including phenoxy) is 2. The van der Waals surface area contributed by atoms with E-state index in [1.165, 1.54) is 50.3 Å². The summed E-state index contributed by atoms with van der Waals surface area (Å²) < 4.78 is 39.5. The van der Waals surface area contributed by atoms with Crippen LogP contribution in [0.15, 0.2) is 71.6 Å². The van der Waals surface area contributed by atoms with Gasteiger partial charge in [-0.3, -0.25) is 24.0 Å². The predicted molar refractivity (Wildman–Crippen MR) is 166 cm³/mol. The zero-order valence-electron chi connectivity index (χ0n) is 25.5. The molecule has 0 saturated carbocycles. The van der Waals surface area contributed by atoms with Crippen LogP contribution < -0.4 is 19.1 Å². The van der Waals surface area contributed by atoms with E-state index in [4.69, 9.17) is 9.47 Å². The molecule has 12 nitrogen and oxygen atoms in total. The maximum atomic E-state index is 14.1. The Labute approximate surface area is 257 Å². The summed E-state index contributed by atoms with van der Waals surface area (Å²) in [4.78, 5) is 39.3. The Morgan fingerprint density at radius 1 is 0.955 bits per heavy atom. The van der Waals surface area contributed by atoms with Crippen LogP contribution in [0.25, 0.3) is 0 Å². The summed E-state index contributed by atoms with van der Waals surface area (Å²) in [7, 11) is -1.50. The Balaban J connectivity index is 2.10. The number of hydrogen-bond donors (Lipinski definition) is 1. The molecule has 0 aliphatic rings. The van der Waals surface area contributed by atoms with Crippen molar-refractivity contribution in [2.45, 2.75) is 51.1 Å². The van der Waals surface area contributed by atoms with Gasteiger partial charge in [0.05, 0.1) is 29.7 Å². The number of carbonyl (C=O) groups is 2. The smallest absolute Gasteiger partial charge is 0.273 e. The summed E-state index contributed by atoms with van der Waals surface area (Å²) in [5, 5.41) is 14.5. The van der Waals surface area contributed by atoms with Crippen molar-refractivity contribution >= 4 is 33.2 Å². The van der Waals surface area contributed by atoms with Gasteiger partial charge in [-0.2, -0.15) is 0 Å². The molecule has 1 atom stereocenters. The van der Waals surface area contributed by atoms with Crippen molar-refractivity contribution in [2.24, 2.45) is 0 Å². The minimum atomic E-state index is -4.50. The predicted octanol–water partition coefficient (Wildman–Crippen LogP) is 4.45. The molecule has 1 N–H and O–H groups in total. The van der Waals surface area contributed by atoms with E-state index in [-0.39, 0.29) is 40.7 Å².